The summed E-state index contributed by atoms with van der Waals surface area (Å²) < 4.78 is 0. The van der Waals surface area contributed by atoms with E-state index in [1.54, 1.807) is 0 Å². The van der Waals surface area contributed by atoms with Gasteiger partial charge in [-0.3, -0.25) is 0 Å². The van der Waals surface area contributed by atoms with Crippen molar-refractivity contribution >= 4 is 22.4 Å². The maximum Gasteiger partial charge on any atom is 0.164 e. The van der Waals surface area contributed by atoms with Crippen LogP contribution in [0, 0.1) is 0 Å². The Labute approximate surface area is 208 Å². The molecule has 0 aliphatic heterocycles. The fraction of sp³-hybridized carbons (Fsp3) is 0. The molecule has 1 heterocycles. The number of aromatic nitrogens is 3. The van der Waals surface area contributed by atoms with Crippen LogP contribution >= 0.6 is 11.6 Å². The van der Waals surface area contributed by atoms with Crippen LogP contribution in [0.25, 0.3) is 56.1 Å². The number of hydrogen-bond acceptors (Lipinski definition) is 3. The monoisotopic (exact) mass is 469 g/mol. The molecular formula is C31H20ClN3. The van der Waals surface area contributed by atoms with Crippen LogP contribution in [0.3, 0.4) is 0 Å². The molecule has 166 valence electrons. The largest absolute Gasteiger partial charge is 0.208 e. The van der Waals surface area contributed by atoms with Crippen LogP contribution in [0.5, 0.6) is 0 Å². The molecule has 0 bridgehead atoms. The SMILES string of the molecule is Clc1cccc(-c2nc(-c3ccccc3)nc(-c3ccc(-c4ccccc4)c4ccccc34)n2)c1. The van der Waals surface area contributed by atoms with E-state index in [1.165, 1.54) is 11.1 Å². The minimum Gasteiger partial charge on any atom is -0.208 e. The van der Waals surface area contributed by atoms with Crippen molar-refractivity contribution in [2.24, 2.45) is 0 Å². The third kappa shape index (κ3) is 4.18. The Bertz CT molecular complexity index is 1650. The van der Waals surface area contributed by atoms with Gasteiger partial charge in [0.15, 0.2) is 17.5 Å². The zero-order valence-corrected chi connectivity index (χ0v) is 19.5. The molecule has 3 nitrogen and oxygen atoms in total. The van der Waals surface area contributed by atoms with E-state index in [1.807, 2.05) is 60.7 Å². The molecule has 0 spiro atoms. The quantitative estimate of drug-likeness (QED) is 0.260. The molecular weight excluding hydrogens is 450 g/mol. The molecule has 0 amide bonds. The van der Waals surface area contributed by atoms with Crippen molar-refractivity contribution < 1.29 is 0 Å². The molecule has 4 heteroatoms. The Balaban J connectivity index is 1.60. The molecule has 5 aromatic carbocycles. The van der Waals surface area contributed by atoms with Gasteiger partial charge in [0.1, 0.15) is 0 Å². The van der Waals surface area contributed by atoms with Crippen molar-refractivity contribution in [3.8, 4) is 45.3 Å². The summed E-state index contributed by atoms with van der Waals surface area (Å²) in [7, 11) is 0. The summed E-state index contributed by atoms with van der Waals surface area (Å²) in [6, 6.07) is 40.7. The molecule has 35 heavy (non-hydrogen) atoms. The van der Waals surface area contributed by atoms with Gasteiger partial charge in [0.05, 0.1) is 0 Å². The van der Waals surface area contributed by atoms with Crippen LogP contribution in [0.2, 0.25) is 5.02 Å². The highest BCUT2D eigenvalue weighted by molar-refractivity contribution is 6.30. The molecule has 0 atom stereocenters. The van der Waals surface area contributed by atoms with Gasteiger partial charge in [0.25, 0.3) is 0 Å². The molecule has 1 aromatic heterocycles. The first-order valence-electron chi connectivity index (χ1n) is 11.4. The number of rotatable bonds is 4. The molecule has 0 saturated carbocycles. The Morgan fingerprint density at radius 2 is 0.914 bits per heavy atom. The van der Waals surface area contributed by atoms with Gasteiger partial charge < -0.3 is 0 Å². The number of hydrogen-bond donors (Lipinski definition) is 0. The number of nitrogens with zero attached hydrogens (tertiary/aromatic N) is 3. The summed E-state index contributed by atoms with van der Waals surface area (Å²) >= 11 is 6.29. The number of halogens is 1. The van der Waals surface area contributed by atoms with E-state index < -0.39 is 0 Å². The Kier molecular flexibility index (Phi) is 5.53. The van der Waals surface area contributed by atoms with E-state index in [0.29, 0.717) is 22.5 Å². The highest BCUT2D eigenvalue weighted by Crippen LogP contribution is 2.35. The molecule has 0 fully saturated rings. The average Bonchev–Trinajstić information content (AvgIpc) is 2.93. The van der Waals surface area contributed by atoms with Gasteiger partial charge in [-0.05, 0) is 40.1 Å². The Morgan fingerprint density at radius 3 is 1.60 bits per heavy atom. The summed E-state index contributed by atoms with van der Waals surface area (Å²) in [5.74, 6) is 1.85. The average molecular weight is 470 g/mol. The molecule has 0 aliphatic rings. The van der Waals surface area contributed by atoms with Crippen LogP contribution in [-0.2, 0) is 0 Å². The first-order valence-corrected chi connectivity index (χ1v) is 11.8. The van der Waals surface area contributed by atoms with E-state index in [-0.39, 0.29) is 0 Å². The van der Waals surface area contributed by atoms with E-state index >= 15 is 0 Å². The third-order valence-electron chi connectivity index (χ3n) is 6.00. The summed E-state index contributed by atoms with van der Waals surface area (Å²) in [5, 5.41) is 2.89. The van der Waals surface area contributed by atoms with Gasteiger partial charge in [-0.2, -0.15) is 0 Å². The summed E-state index contributed by atoms with van der Waals surface area (Å²) in [6.45, 7) is 0. The van der Waals surface area contributed by atoms with Crippen molar-refractivity contribution in [3.63, 3.8) is 0 Å². The lowest BCUT2D eigenvalue weighted by Gasteiger charge is -2.13. The van der Waals surface area contributed by atoms with Gasteiger partial charge in [-0.1, -0.05) is 115 Å². The van der Waals surface area contributed by atoms with Gasteiger partial charge in [-0.25, -0.2) is 15.0 Å². The predicted octanol–water partition coefficient (Wildman–Crippen LogP) is 8.35. The van der Waals surface area contributed by atoms with Crippen LogP contribution in [0.15, 0.2) is 121 Å². The maximum atomic E-state index is 6.29. The second-order valence-electron chi connectivity index (χ2n) is 8.25. The normalized spacial score (nSPS) is 11.0. The minimum absolute atomic E-state index is 0.590. The van der Waals surface area contributed by atoms with Gasteiger partial charge in [0, 0.05) is 21.7 Å². The minimum atomic E-state index is 0.590. The zero-order valence-electron chi connectivity index (χ0n) is 18.8. The lowest BCUT2D eigenvalue weighted by atomic mass is 9.95. The maximum absolute atomic E-state index is 6.29. The smallest absolute Gasteiger partial charge is 0.164 e. The first kappa shape index (κ1) is 21.2. The molecule has 6 aromatic rings. The predicted molar refractivity (Wildman–Crippen MR) is 144 cm³/mol. The van der Waals surface area contributed by atoms with Crippen molar-refractivity contribution in [1.29, 1.82) is 0 Å². The van der Waals surface area contributed by atoms with Crippen LogP contribution in [0.4, 0.5) is 0 Å². The standard InChI is InChI=1S/C31H20ClN3/c32-24-15-9-14-23(20-24)30-33-29(22-12-5-2-6-13-22)34-31(35-30)28-19-18-25(21-10-3-1-4-11-21)26-16-7-8-17-27(26)28/h1-20H. The molecule has 6 rings (SSSR count). The molecule has 0 radical (unpaired) electrons. The summed E-state index contributed by atoms with van der Waals surface area (Å²) in [4.78, 5) is 14.6. The van der Waals surface area contributed by atoms with E-state index in [9.17, 15) is 0 Å². The van der Waals surface area contributed by atoms with Gasteiger partial charge in [0.2, 0.25) is 0 Å². The molecule has 0 aliphatic carbocycles. The Morgan fingerprint density at radius 1 is 0.400 bits per heavy atom. The second-order valence-corrected chi connectivity index (χ2v) is 8.69. The summed E-state index contributed by atoms with van der Waals surface area (Å²) in [5.41, 5.74) is 5.10. The number of benzene rings is 5. The van der Waals surface area contributed by atoms with Crippen LogP contribution in [0.1, 0.15) is 0 Å². The molecule has 0 saturated heterocycles. The zero-order chi connectivity index (χ0) is 23.6. The van der Waals surface area contributed by atoms with Crippen molar-refractivity contribution in [3.05, 3.63) is 126 Å². The molecule has 0 N–H and O–H groups in total. The number of fused-ring (bicyclic) bond motifs is 1. The fourth-order valence-electron chi connectivity index (χ4n) is 4.33. The lowest BCUT2D eigenvalue weighted by Crippen LogP contribution is -2.00. The highest BCUT2D eigenvalue weighted by atomic mass is 35.5. The van der Waals surface area contributed by atoms with Gasteiger partial charge in [-0.15, -0.1) is 0 Å². The van der Waals surface area contributed by atoms with E-state index in [4.69, 9.17) is 26.6 Å². The molecule has 0 unspecified atom stereocenters. The van der Waals surface area contributed by atoms with Gasteiger partial charge >= 0.3 is 0 Å². The van der Waals surface area contributed by atoms with Crippen molar-refractivity contribution in [1.82, 2.24) is 15.0 Å². The summed E-state index contributed by atoms with van der Waals surface area (Å²) in [6.07, 6.45) is 0. The van der Waals surface area contributed by atoms with E-state index in [2.05, 4.69) is 60.7 Å². The van der Waals surface area contributed by atoms with Crippen LogP contribution < -0.4 is 0 Å². The first-order chi connectivity index (χ1) is 17.3. The van der Waals surface area contributed by atoms with Crippen LogP contribution in [-0.4, -0.2) is 15.0 Å². The van der Waals surface area contributed by atoms with Crippen molar-refractivity contribution in [2.75, 3.05) is 0 Å². The lowest BCUT2D eigenvalue weighted by molar-refractivity contribution is 1.08. The topological polar surface area (TPSA) is 38.7 Å². The van der Waals surface area contributed by atoms with Crippen molar-refractivity contribution in [2.45, 2.75) is 0 Å². The van der Waals surface area contributed by atoms with E-state index in [0.717, 1.165) is 27.5 Å². The second kappa shape index (κ2) is 9.13. The highest BCUT2D eigenvalue weighted by Gasteiger charge is 2.16. The Hall–Kier alpha value is -4.34. The third-order valence-corrected chi connectivity index (χ3v) is 6.24. The fourth-order valence-corrected chi connectivity index (χ4v) is 4.52.